The molecule has 0 bridgehead atoms. The number of esters is 1. The van der Waals surface area contributed by atoms with E-state index in [1.54, 1.807) is 6.92 Å². The average molecular weight is 264 g/mol. The highest BCUT2D eigenvalue weighted by atomic mass is 32.2. The van der Waals surface area contributed by atoms with Crippen molar-refractivity contribution in [2.24, 2.45) is 0 Å². The molecule has 5 nitrogen and oxygen atoms in total. The van der Waals surface area contributed by atoms with Gasteiger partial charge in [0.15, 0.2) is 5.75 Å². The zero-order valence-electron chi connectivity index (χ0n) is 8.41. The van der Waals surface area contributed by atoms with Gasteiger partial charge in [0, 0.05) is 0 Å². The van der Waals surface area contributed by atoms with Crippen molar-refractivity contribution in [1.82, 2.24) is 0 Å². The van der Waals surface area contributed by atoms with Gasteiger partial charge in [-0.05, 0) is 6.42 Å². The summed E-state index contributed by atoms with van der Waals surface area (Å²) in [7, 11) is -4.98. The Morgan fingerprint density at radius 2 is 1.88 bits per heavy atom. The van der Waals surface area contributed by atoms with Crippen LogP contribution in [0.1, 0.15) is 19.8 Å². The van der Waals surface area contributed by atoms with Crippen LogP contribution < -0.4 is 0 Å². The van der Waals surface area contributed by atoms with E-state index in [-0.39, 0.29) is 6.61 Å². The molecule has 0 radical (unpaired) electrons. The van der Waals surface area contributed by atoms with Crippen molar-refractivity contribution < 1.29 is 35.3 Å². The predicted octanol–water partition coefficient (Wildman–Crippen LogP) is 1.20. The van der Waals surface area contributed by atoms with Gasteiger partial charge in [0.1, 0.15) is 0 Å². The summed E-state index contributed by atoms with van der Waals surface area (Å²) in [6.07, 6.45) is -4.12. The first-order chi connectivity index (χ1) is 7.16. The zero-order chi connectivity index (χ0) is 12.8. The number of carbonyl (C=O) groups excluding carboxylic acids is 1. The molecular weight excluding hydrogens is 253 g/mol. The minimum atomic E-state index is -5.33. The summed E-state index contributed by atoms with van der Waals surface area (Å²) < 4.78 is 63.1. The number of hydrogen-bond donors (Lipinski definition) is 0. The van der Waals surface area contributed by atoms with E-state index in [2.05, 4.69) is 8.92 Å². The minimum absolute atomic E-state index is 0.0309. The molecule has 0 aromatic heterocycles. The molecule has 0 amide bonds. The highest BCUT2D eigenvalue weighted by Gasteiger charge is 2.38. The van der Waals surface area contributed by atoms with E-state index >= 15 is 0 Å². The second-order valence-corrected chi connectivity index (χ2v) is 4.38. The van der Waals surface area contributed by atoms with Crippen LogP contribution in [0.15, 0.2) is 0 Å². The lowest BCUT2D eigenvalue weighted by atomic mass is 10.4. The second-order valence-electron chi connectivity index (χ2n) is 2.81. The monoisotopic (exact) mass is 264 g/mol. The van der Waals surface area contributed by atoms with Gasteiger partial charge >= 0.3 is 12.3 Å². The Morgan fingerprint density at radius 1 is 1.31 bits per heavy atom. The molecule has 0 fully saturated rings. The summed E-state index contributed by atoms with van der Waals surface area (Å²) >= 11 is 0. The first-order valence-electron chi connectivity index (χ1n) is 4.32. The Kier molecular flexibility index (Phi) is 5.73. The molecule has 0 rings (SSSR count). The van der Waals surface area contributed by atoms with E-state index in [1.165, 1.54) is 0 Å². The molecule has 0 unspecified atom stereocenters. The van der Waals surface area contributed by atoms with Gasteiger partial charge in [-0.15, -0.1) is 13.2 Å². The molecule has 0 aliphatic heterocycles. The standard InChI is InChI=1S/C7H11F3O5S/c1-2-3-4-14-6(11)5-16(12,13)15-7(8,9)10/h2-5H2,1H3. The number of hydrogen-bond acceptors (Lipinski definition) is 5. The number of ether oxygens (including phenoxy) is 1. The van der Waals surface area contributed by atoms with E-state index in [4.69, 9.17) is 0 Å². The maximum Gasteiger partial charge on any atom is 0.537 e. The maximum atomic E-state index is 11.6. The molecule has 0 saturated carbocycles. The third-order valence-electron chi connectivity index (χ3n) is 1.28. The molecule has 96 valence electrons. The van der Waals surface area contributed by atoms with E-state index < -0.39 is 28.2 Å². The molecule has 9 heteroatoms. The Morgan fingerprint density at radius 3 is 2.31 bits per heavy atom. The van der Waals surface area contributed by atoms with E-state index in [1.807, 2.05) is 0 Å². The predicted molar refractivity (Wildman–Crippen MR) is 46.8 cm³/mol. The maximum absolute atomic E-state index is 11.6. The second kappa shape index (κ2) is 6.04. The van der Waals surface area contributed by atoms with Crippen LogP contribution in [0.2, 0.25) is 0 Å². The summed E-state index contributed by atoms with van der Waals surface area (Å²) in [5, 5.41) is 0. The van der Waals surface area contributed by atoms with Crippen LogP contribution in [0.25, 0.3) is 0 Å². The summed E-state index contributed by atoms with van der Waals surface area (Å²) in [5.41, 5.74) is 0. The van der Waals surface area contributed by atoms with Crippen molar-refractivity contribution in [3.05, 3.63) is 0 Å². The lowest BCUT2D eigenvalue weighted by Crippen LogP contribution is -2.26. The topological polar surface area (TPSA) is 69.7 Å². The van der Waals surface area contributed by atoms with Crippen LogP contribution in [0.4, 0.5) is 13.2 Å². The Labute approximate surface area is 90.6 Å². The third kappa shape index (κ3) is 8.48. The fourth-order valence-corrected chi connectivity index (χ4v) is 1.41. The summed E-state index contributed by atoms with van der Waals surface area (Å²) in [4.78, 5) is 10.8. The van der Waals surface area contributed by atoms with Gasteiger partial charge in [-0.3, -0.25) is 4.79 Å². The molecule has 0 spiro atoms. The van der Waals surface area contributed by atoms with Crippen LogP contribution in [-0.2, 0) is 23.8 Å². The normalized spacial score (nSPS) is 12.5. The molecular formula is C7H11F3O5S. The molecule has 0 aromatic carbocycles. The van der Waals surface area contributed by atoms with Crippen molar-refractivity contribution in [3.63, 3.8) is 0 Å². The molecule has 0 heterocycles. The van der Waals surface area contributed by atoms with Gasteiger partial charge in [-0.1, -0.05) is 13.3 Å². The van der Waals surface area contributed by atoms with Gasteiger partial charge in [-0.2, -0.15) is 12.6 Å². The highest BCUT2D eigenvalue weighted by Crippen LogP contribution is 2.19. The first-order valence-corrected chi connectivity index (χ1v) is 5.89. The van der Waals surface area contributed by atoms with Gasteiger partial charge in [0.05, 0.1) is 6.61 Å². The largest absolute Gasteiger partial charge is 0.537 e. The number of unbranched alkanes of at least 4 members (excludes halogenated alkanes) is 1. The summed E-state index contributed by atoms with van der Waals surface area (Å²) in [6.45, 7) is 1.77. The van der Waals surface area contributed by atoms with Crippen molar-refractivity contribution in [2.45, 2.75) is 26.1 Å². The zero-order valence-corrected chi connectivity index (χ0v) is 9.23. The van der Waals surface area contributed by atoms with Gasteiger partial charge in [-0.25, -0.2) is 0 Å². The molecule has 0 aromatic rings. The minimum Gasteiger partial charge on any atom is -0.465 e. The van der Waals surface area contributed by atoms with Gasteiger partial charge in [0.2, 0.25) is 0 Å². The average Bonchev–Trinajstić information content (AvgIpc) is 1.98. The van der Waals surface area contributed by atoms with Crippen LogP contribution in [0.5, 0.6) is 0 Å². The lowest BCUT2D eigenvalue weighted by Gasteiger charge is -2.07. The summed E-state index contributed by atoms with van der Waals surface area (Å²) in [5.74, 6) is -2.71. The van der Waals surface area contributed by atoms with Crippen LogP contribution in [0, 0.1) is 0 Å². The number of alkyl halides is 3. The third-order valence-corrected chi connectivity index (χ3v) is 2.31. The summed E-state index contributed by atoms with van der Waals surface area (Å²) in [6, 6.07) is 0. The van der Waals surface area contributed by atoms with Gasteiger partial charge in [0.25, 0.3) is 10.1 Å². The molecule has 0 aliphatic carbocycles. The van der Waals surface area contributed by atoms with Crippen LogP contribution >= 0.6 is 0 Å². The van der Waals surface area contributed by atoms with Crippen molar-refractivity contribution in [3.8, 4) is 0 Å². The number of halogens is 3. The van der Waals surface area contributed by atoms with Gasteiger partial charge < -0.3 is 4.74 Å². The van der Waals surface area contributed by atoms with E-state index in [9.17, 15) is 26.4 Å². The quantitative estimate of drug-likeness (QED) is 0.409. The Balaban J connectivity index is 4.12. The van der Waals surface area contributed by atoms with Crippen molar-refractivity contribution >= 4 is 16.1 Å². The molecule has 0 N–H and O–H groups in total. The lowest BCUT2D eigenvalue weighted by molar-refractivity contribution is -0.271. The molecule has 0 saturated heterocycles. The first kappa shape index (κ1) is 15.2. The number of carbonyl (C=O) groups is 1. The molecule has 0 aliphatic rings. The van der Waals surface area contributed by atoms with Crippen molar-refractivity contribution in [2.75, 3.05) is 12.4 Å². The smallest absolute Gasteiger partial charge is 0.465 e. The molecule has 16 heavy (non-hydrogen) atoms. The fourth-order valence-electron chi connectivity index (χ4n) is 0.690. The van der Waals surface area contributed by atoms with Crippen LogP contribution in [0.3, 0.4) is 0 Å². The Hall–Kier alpha value is -0.830. The SMILES string of the molecule is CCCCOC(=O)CS(=O)(=O)OC(F)(F)F. The van der Waals surface area contributed by atoms with E-state index in [0.717, 1.165) is 0 Å². The highest BCUT2D eigenvalue weighted by molar-refractivity contribution is 7.87. The fraction of sp³-hybridized carbons (Fsp3) is 0.857. The van der Waals surface area contributed by atoms with Crippen LogP contribution in [-0.4, -0.2) is 33.1 Å². The molecule has 0 atom stereocenters. The van der Waals surface area contributed by atoms with Crippen molar-refractivity contribution in [1.29, 1.82) is 0 Å². The number of rotatable bonds is 6. The van der Waals surface area contributed by atoms with E-state index in [0.29, 0.717) is 12.8 Å². The Bertz CT molecular complexity index is 321.